The first kappa shape index (κ1) is 13.8. The summed E-state index contributed by atoms with van der Waals surface area (Å²) in [6.45, 7) is 3.88. The van der Waals surface area contributed by atoms with Crippen LogP contribution in [0.15, 0.2) is 34.7 Å². The minimum Gasteiger partial charge on any atom is -0.356 e. The molecule has 0 saturated carbocycles. The Hall–Kier alpha value is -1.29. The Bertz CT molecular complexity index is 342. The van der Waals surface area contributed by atoms with Crippen molar-refractivity contribution in [1.29, 1.82) is 0 Å². The summed E-state index contributed by atoms with van der Waals surface area (Å²) in [4.78, 5) is 5.58. The molecular weight excluding hydrogens is 230 g/mol. The van der Waals surface area contributed by atoms with E-state index in [1.807, 2.05) is 6.92 Å². The van der Waals surface area contributed by atoms with Gasteiger partial charge in [-0.15, -0.1) is 11.3 Å². The highest BCUT2D eigenvalue weighted by atomic mass is 32.1. The average molecular weight is 251 g/mol. The van der Waals surface area contributed by atoms with Crippen molar-refractivity contribution in [1.82, 2.24) is 10.6 Å². The van der Waals surface area contributed by atoms with Gasteiger partial charge in [-0.3, -0.25) is 4.99 Å². The minimum atomic E-state index is 0.881. The Labute approximate surface area is 108 Å². The van der Waals surface area contributed by atoms with Gasteiger partial charge in [0.05, 0.1) is 0 Å². The standard InChI is InChI=1S/C13H21N3S/c1-3-4-5-9-15-13(14-2)16-10-8-12-7-6-11-17-12/h3-4,6-7,11H,5,8-10H2,1-2H3,(H2,14,15,16). The maximum Gasteiger partial charge on any atom is 0.190 e. The van der Waals surface area contributed by atoms with E-state index < -0.39 is 0 Å². The van der Waals surface area contributed by atoms with Gasteiger partial charge in [0.1, 0.15) is 0 Å². The molecule has 0 aliphatic carbocycles. The Balaban J connectivity index is 2.14. The number of guanidine groups is 1. The van der Waals surface area contributed by atoms with Gasteiger partial charge in [-0.1, -0.05) is 18.2 Å². The molecule has 2 N–H and O–H groups in total. The summed E-state index contributed by atoms with van der Waals surface area (Å²) >= 11 is 1.80. The van der Waals surface area contributed by atoms with E-state index in [2.05, 4.69) is 45.3 Å². The molecule has 0 atom stereocenters. The molecule has 4 heteroatoms. The van der Waals surface area contributed by atoms with Crippen molar-refractivity contribution in [2.45, 2.75) is 19.8 Å². The molecule has 0 fully saturated rings. The Morgan fingerprint density at radius 2 is 2.24 bits per heavy atom. The molecule has 3 nitrogen and oxygen atoms in total. The molecule has 1 aromatic heterocycles. The molecule has 0 aromatic carbocycles. The zero-order valence-electron chi connectivity index (χ0n) is 10.6. The normalized spacial score (nSPS) is 12.0. The van der Waals surface area contributed by atoms with Crippen LogP contribution in [0, 0.1) is 0 Å². The van der Waals surface area contributed by atoms with Crippen LogP contribution in [0.4, 0.5) is 0 Å². The monoisotopic (exact) mass is 251 g/mol. The Morgan fingerprint density at radius 3 is 2.88 bits per heavy atom. The van der Waals surface area contributed by atoms with E-state index in [9.17, 15) is 0 Å². The topological polar surface area (TPSA) is 36.4 Å². The van der Waals surface area contributed by atoms with Crippen molar-refractivity contribution in [3.63, 3.8) is 0 Å². The lowest BCUT2D eigenvalue weighted by atomic mass is 10.3. The van der Waals surface area contributed by atoms with Gasteiger partial charge in [0.2, 0.25) is 0 Å². The molecule has 17 heavy (non-hydrogen) atoms. The number of hydrogen-bond acceptors (Lipinski definition) is 2. The molecule has 0 amide bonds. The van der Waals surface area contributed by atoms with Gasteiger partial charge >= 0.3 is 0 Å². The largest absolute Gasteiger partial charge is 0.356 e. The quantitative estimate of drug-likeness (QED) is 0.352. The predicted octanol–water partition coefficient (Wildman–Crippen LogP) is 2.42. The number of hydrogen-bond donors (Lipinski definition) is 2. The average Bonchev–Trinajstić information content (AvgIpc) is 2.85. The van der Waals surface area contributed by atoms with E-state index in [1.54, 1.807) is 18.4 Å². The minimum absolute atomic E-state index is 0.881. The first-order chi connectivity index (χ1) is 8.36. The molecule has 1 aromatic rings. The Kier molecular flexibility index (Phi) is 7.14. The van der Waals surface area contributed by atoms with Gasteiger partial charge in [0.25, 0.3) is 0 Å². The third-order valence-electron chi connectivity index (χ3n) is 2.31. The summed E-state index contributed by atoms with van der Waals surface area (Å²) in [6.07, 6.45) is 6.29. The summed E-state index contributed by atoms with van der Waals surface area (Å²) in [7, 11) is 1.80. The van der Waals surface area contributed by atoms with Crippen molar-refractivity contribution < 1.29 is 0 Å². The molecule has 1 rings (SSSR count). The summed E-state index contributed by atoms with van der Waals surface area (Å²) in [5.41, 5.74) is 0. The SMILES string of the molecule is CC=CCCNC(=NC)NCCc1cccs1. The molecule has 0 aliphatic heterocycles. The molecule has 0 radical (unpaired) electrons. The number of nitrogens with one attached hydrogen (secondary N) is 2. The van der Waals surface area contributed by atoms with Gasteiger partial charge in [0, 0.05) is 25.0 Å². The van der Waals surface area contributed by atoms with Crippen LogP contribution in [-0.2, 0) is 6.42 Å². The lowest BCUT2D eigenvalue weighted by molar-refractivity contribution is 0.795. The van der Waals surface area contributed by atoms with Crippen LogP contribution in [0.3, 0.4) is 0 Å². The number of rotatable bonds is 6. The van der Waals surface area contributed by atoms with Crippen molar-refractivity contribution in [3.8, 4) is 0 Å². The maximum absolute atomic E-state index is 4.18. The second-order valence-corrected chi connectivity index (χ2v) is 4.65. The van der Waals surface area contributed by atoms with Gasteiger partial charge in [-0.05, 0) is 31.2 Å². The van der Waals surface area contributed by atoms with Gasteiger partial charge in [-0.2, -0.15) is 0 Å². The molecule has 0 spiro atoms. The smallest absolute Gasteiger partial charge is 0.190 e. The molecule has 0 saturated heterocycles. The maximum atomic E-state index is 4.18. The highest BCUT2D eigenvalue weighted by Gasteiger charge is 1.97. The van der Waals surface area contributed by atoms with Crippen LogP contribution in [-0.4, -0.2) is 26.1 Å². The molecule has 0 unspecified atom stereocenters. The summed E-state index contributed by atoms with van der Waals surface area (Å²) < 4.78 is 0. The van der Waals surface area contributed by atoms with E-state index in [1.165, 1.54) is 4.88 Å². The molecule has 94 valence electrons. The third-order valence-corrected chi connectivity index (χ3v) is 3.24. The first-order valence-corrected chi connectivity index (χ1v) is 6.83. The summed E-state index contributed by atoms with van der Waals surface area (Å²) in [6, 6.07) is 4.25. The van der Waals surface area contributed by atoms with E-state index in [0.717, 1.165) is 31.9 Å². The van der Waals surface area contributed by atoms with Gasteiger partial charge < -0.3 is 10.6 Å². The first-order valence-electron chi connectivity index (χ1n) is 5.95. The summed E-state index contributed by atoms with van der Waals surface area (Å²) in [5, 5.41) is 8.69. The van der Waals surface area contributed by atoms with E-state index in [0.29, 0.717) is 0 Å². The van der Waals surface area contributed by atoms with Crippen molar-refractivity contribution in [2.24, 2.45) is 4.99 Å². The van der Waals surface area contributed by atoms with Crippen LogP contribution in [0.25, 0.3) is 0 Å². The van der Waals surface area contributed by atoms with E-state index in [-0.39, 0.29) is 0 Å². The number of nitrogens with zero attached hydrogens (tertiary/aromatic N) is 1. The van der Waals surface area contributed by atoms with Crippen LogP contribution < -0.4 is 10.6 Å². The molecule has 0 bridgehead atoms. The lowest BCUT2D eigenvalue weighted by Crippen LogP contribution is -2.38. The predicted molar refractivity (Wildman–Crippen MR) is 76.8 cm³/mol. The number of allylic oxidation sites excluding steroid dienone is 1. The van der Waals surface area contributed by atoms with Crippen LogP contribution in [0.2, 0.25) is 0 Å². The van der Waals surface area contributed by atoms with Gasteiger partial charge in [0.15, 0.2) is 5.96 Å². The van der Waals surface area contributed by atoms with Crippen LogP contribution >= 0.6 is 11.3 Å². The van der Waals surface area contributed by atoms with Crippen molar-refractivity contribution >= 4 is 17.3 Å². The molecular formula is C13H21N3S. The Morgan fingerprint density at radius 1 is 1.41 bits per heavy atom. The highest BCUT2D eigenvalue weighted by Crippen LogP contribution is 2.07. The van der Waals surface area contributed by atoms with Gasteiger partial charge in [-0.25, -0.2) is 0 Å². The fourth-order valence-electron chi connectivity index (χ4n) is 1.42. The fourth-order valence-corrected chi connectivity index (χ4v) is 2.13. The highest BCUT2D eigenvalue weighted by molar-refractivity contribution is 7.09. The molecule has 0 aliphatic rings. The van der Waals surface area contributed by atoms with Crippen molar-refractivity contribution in [3.05, 3.63) is 34.5 Å². The zero-order valence-corrected chi connectivity index (χ0v) is 11.4. The second-order valence-electron chi connectivity index (χ2n) is 3.61. The van der Waals surface area contributed by atoms with Crippen molar-refractivity contribution in [2.75, 3.05) is 20.1 Å². The molecule has 1 heterocycles. The lowest BCUT2D eigenvalue weighted by Gasteiger charge is -2.10. The third kappa shape index (κ3) is 6.12. The van der Waals surface area contributed by atoms with Crippen LogP contribution in [0.5, 0.6) is 0 Å². The summed E-state index contributed by atoms with van der Waals surface area (Å²) in [5.74, 6) is 0.881. The van der Waals surface area contributed by atoms with E-state index >= 15 is 0 Å². The fraction of sp³-hybridized carbons (Fsp3) is 0.462. The zero-order chi connectivity index (χ0) is 12.3. The second kappa shape index (κ2) is 8.82. The number of aliphatic imine (C=N–C) groups is 1. The van der Waals surface area contributed by atoms with E-state index in [4.69, 9.17) is 0 Å². The van der Waals surface area contributed by atoms with Crippen LogP contribution in [0.1, 0.15) is 18.2 Å². The number of thiophene rings is 1.